The lowest BCUT2D eigenvalue weighted by atomic mass is 9.99. The quantitative estimate of drug-likeness (QED) is 0.748. The van der Waals surface area contributed by atoms with Crippen LogP contribution in [0.25, 0.3) is 5.65 Å². The number of ether oxygens (including phenoxy) is 1. The predicted octanol–water partition coefficient (Wildman–Crippen LogP) is 2.93. The van der Waals surface area contributed by atoms with Crippen LogP contribution >= 0.6 is 0 Å². The average Bonchev–Trinajstić information content (AvgIpc) is 2.91. The van der Waals surface area contributed by atoms with Gasteiger partial charge in [-0.3, -0.25) is 4.40 Å². The number of nitrogens with two attached hydrogens (primary N) is 1. The minimum absolute atomic E-state index is 0.292. The molecule has 1 aromatic carbocycles. The summed E-state index contributed by atoms with van der Waals surface area (Å²) in [5.74, 6) is 1.47. The van der Waals surface area contributed by atoms with Crippen molar-refractivity contribution < 1.29 is 4.74 Å². The zero-order valence-corrected chi connectivity index (χ0v) is 12.2. The number of rotatable bonds is 3. The number of benzene rings is 1. The maximum atomic E-state index is 6.00. The van der Waals surface area contributed by atoms with Crippen LogP contribution in [0.4, 0.5) is 5.69 Å². The van der Waals surface area contributed by atoms with E-state index in [9.17, 15) is 0 Å². The van der Waals surface area contributed by atoms with Crippen LogP contribution < -0.4 is 10.5 Å². The Hall–Kier alpha value is -2.63. The van der Waals surface area contributed by atoms with Crippen LogP contribution in [0, 0.1) is 6.92 Å². The summed E-state index contributed by atoms with van der Waals surface area (Å²) in [7, 11) is 0. The molecule has 2 heterocycles. The summed E-state index contributed by atoms with van der Waals surface area (Å²) in [5.41, 5.74) is 9.36. The molecule has 0 unspecified atom stereocenters. The van der Waals surface area contributed by atoms with Crippen molar-refractivity contribution in [3.05, 3.63) is 42.0 Å². The fourth-order valence-corrected chi connectivity index (χ4v) is 2.17. The number of fused-ring (bicyclic) bond motifs is 1. The first-order valence-electron chi connectivity index (χ1n) is 6.78. The summed E-state index contributed by atoms with van der Waals surface area (Å²) >= 11 is 0. The normalized spacial score (nSPS) is 11.2. The lowest BCUT2D eigenvalue weighted by molar-refractivity contribution is 0.456. The highest BCUT2D eigenvalue weighted by atomic mass is 16.5. The van der Waals surface area contributed by atoms with Crippen LogP contribution in [0.3, 0.4) is 0 Å². The van der Waals surface area contributed by atoms with Gasteiger partial charge < -0.3 is 10.5 Å². The molecule has 0 saturated heterocycles. The van der Waals surface area contributed by atoms with Crippen LogP contribution in [-0.2, 0) is 0 Å². The molecule has 0 bridgehead atoms. The third kappa shape index (κ3) is 2.40. The van der Waals surface area contributed by atoms with Gasteiger partial charge in [-0.1, -0.05) is 13.8 Å². The van der Waals surface area contributed by atoms with E-state index in [1.54, 1.807) is 23.1 Å². The molecular weight excluding hydrogens is 266 g/mol. The highest BCUT2D eigenvalue weighted by Crippen LogP contribution is 2.34. The van der Waals surface area contributed by atoms with Gasteiger partial charge in [-0.25, -0.2) is 4.98 Å². The van der Waals surface area contributed by atoms with Gasteiger partial charge in [-0.05, 0) is 36.1 Å². The molecule has 2 aromatic heterocycles. The topological polar surface area (TPSA) is 78.3 Å². The van der Waals surface area contributed by atoms with Crippen LogP contribution in [0.1, 0.15) is 30.9 Å². The van der Waals surface area contributed by atoms with Gasteiger partial charge in [-0.15, -0.1) is 10.2 Å². The molecule has 0 aliphatic heterocycles. The number of aryl methyl sites for hydroxylation is 1. The molecule has 3 aromatic rings. The lowest BCUT2D eigenvalue weighted by Gasteiger charge is -2.15. The van der Waals surface area contributed by atoms with Gasteiger partial charge in [-0.2, -0.15) is 0 Å². The molecule has 0 saturated carbocycles. The zero-order chi connectivity index (χ0) is 15.0. The standard InChI is InChI=1S/C15H17N5O/c1-9(2)11-7-12(16)10(3)6-13(11)21-15-14-19-18-8-20(14)5-4-17-15/h4-9H,16H2,1-3H3. The molecule has 6 heteroatoms. The van der Waals surface area contributed by atoms with Crippen molar-refractivity contribution in [3.8, 4) is 11.6 Å². The smallest absolute Gasteiger partial charge is 0.265 e. The Morgan fingerprint density at radius 2 is 2.10 bits per heavy atom. The lowest BCUT2D eigenvalue weighted by Crippen LogP contribution is -2.00. The van der Waals surface area contributed by atoms with Crippen molar-refractivity contribution in [2.45, 2.75) is 26.7 Å². The van der Waals surface area contributed by atoms with Gasteiger partial charge in [0.05, 0.1) is 0 Å². The summed E-state index contributed by atoms with van der Waals surface area (Å²) in [6.07, 6.45) is 5.05. The SMILES string of the molecule is Cc1cc(Oc2nccn3cnnc23)c(C(C)C)cc1N. The Morgan fingerprint density at radius 1 is 1.29 bits per heavy atom. The Kier molecular flexibility index (Phi) is 3.21. The third-order valence-corrected chi connectivity index (χ3v) is 3.41. The second-order valence-corrected chi connectivity index (χ2v) is 5.30. The fourth-order valence-electron chi connectivity index (χ4n) is 2.17. The molecule has 2 N–H and O–H groups in total. The Bertz CT molecular complexity index is 794. The first-order chi connectivity index (χ1) is 10.1. The number of hydrogen-bond acceptors (Lipinski definition) is 5. The van der Waals surface area contributed by atoms with Crippen molar-refractivity contribution in [2.24, 2.45) is 0 Å². The van der Waals surface area contributed by atoms with Gasteiger partial charge in [0.15, 0.2) is 0 Å². The van der Waals surface area contributed by atoms with Crippen LogP contribution in [-0.4, -0.2) is 19.6 Å². The van der Waals surface area contributed by atoms with Gasteiger partial charge in [0.2, 0.25) is 5.65 Å². The monoisotopic (exact) mass is 283 g/mol. The van der Waals surface area contributed by atoms with Crippen LogP contribution in [0.15, 0.2) is 30.9 Å². The maximum absolute atomic E-state index is 6.00. The van der Waals surface area contributed by atoms with Crippen molar-refractivity contribution in [3.63, 3.8) is 0 Å². The summed E-state index contributed by atoms with van der Waals surface area (Å²) in [4.78, 5) is 4.25. The summed E-state index contributed by atoms with van der Waals surface area (Å²) in [6.45, 7) is 6.15. The van der Waals surface area contributed by atoms with Crippen molar-refractivity contribution in [2.75, 3.05) is 5.73 Å². The van der Waals surface area contributed by atoms with Gasteiger partial charge in [0.25, 0.3) is 5.88 Å². The largest absolute Gasteiger partial charge is 0.436 e. The second kappa shape index (κ2) is 5.05. The molecule has 3 rings (SSSR count). The highest BCUT2D eigenvalue weighted by Gasteiger charge is 2.14. The molecule has 0 aliphatic carbocycles. The highest BCUT2D eigenvalue weighted by molar-refractivity contribution is 5.57. The summed E-state index contributed by atoms with van der Waals surface area (Å²) < 4.78 is 7.75. The molecular formula is C15H17N5O. The van der Waals surface area contributed by atoms with E-state index < -0.39 is 0 Å². The van der Waals surface area contributed by atoms with Gasteiger partial charge in [0.1, 0.15) is 12.1 Å². The maximum Gasteiger partial charge on any atom is 0.265 e. The van der Waals surface area contributed by atoms with E-state index in [1.165, 1.54) is 0 Å². The molecule has 0 aliphatic rings. The first kappa shape index (κ1) is 13.4. The van der Waals surface area contributed by atoms with Gasteiger partial charge in [0, 0.05) is 18.1 Å². The fraction of sp³-hybridized carbons (Fsp3) is 0.267. The third-order valence-electron chi connectivity index (χ3n) is 3.41. The number of aromatic nitrogens is 4. The van der Waals surface area contributed by atoms with E-state index in [0.29, 0.717) is 17.4 Å². The van der Waals surface area contributed by atoms with E-state index >= 15 is 0 Å². The van der Waals surface area contributed by atoms with Crippen molar-refractivity contribution in [1.82, 2.24) is 19.6 Å². The zero-order valence-electron chi connectivity index (χ0n) is 12.2. The molecule has 6 nitrogen and oxygen atoms in total. The van der Waals surface area contributed by atoms with E-state index in [-0.39, 0.29) is 0 Å². The molecule has 0 fully saturated rings. The Balaban J connectivity index is 2.09. The number of hydrogen-bond donors (Lipinski definition) is 1. The van der Waals surface area contributed by atoms with Crippen molar-refractivity contribution >= 4 is 11.3 Å². The average molecular weight is 283 g/mol. The Morgan fingerprint density at radius 3 is 2.86 bits per heavy atom. The number of nitrogens with zero attached hydrogens (tertiary/aromatic N) is 4. The molecule has 21 heavy (non-hydrogen) atoms. The van der Waals surface area contributed by atoms with Crippen molar-refractivity contribution in [1.29, 1.82) is 0 Å². The van der Waals surface area contributed by atoms with E-state index in [0.717, 1.165) is 22.6 Å². The van der Waals surface area contributed by atoms with E-state index in [4.69, 9.17) is 10.5 Å². The number of anilines is 1. The van der Waals surface area contributed by atoms with E-state index in [1.807, 2.05) is 19.1 Å². The minimum atomic E-state index is 0.292. The molecule has 108 valence electrons. The molecule has 0 radical (unpaired) electrons. The van der Waals surface area contributed by atoms with Gasteiger partial charge >= 0.3 is 0 Å². The molecule has 0 spiro atoms. The number of nitrogen functional groups attached to an aromatic ring is 1. The minimum Gasteiger partial charge on any atom is -0.436 e. The molecule has 0 atom stereocenters. The second-order valence-electron chi connectivity index (χ2n) is 5.30. The summed E-state index contributed by atoms with van der Waals surface area (Å²) in [6, 6.07) is 3.89. The van der Waals surface area contributed by atoms with Crippen LogP contribution in [0.2, 0.25) is 0 Å². The predicted molar refractivity (Wildman–Crippen MR) is 80.5 cm³/mol. The summed E-state index contributed by atoms with van der Waals surface area (Å²) in [5, 5.41) is 7.90. The van der Waals surface area contributed by atoms with E-state index in [2.05, 4.69) is 29.0 Å². The van der Waals surface area contributed by atoms with Crippen LogP contribution in [0.5, 0.6) is 11.6 Å². The Labute approximate surface area is 122 Å². The molecule has 0 amide bonds. The first-order valence-corrected chi connectivity index (χ1v) is 6.78.